The Balaban J connectivity index is 2.03. The van der Waals surface area contributed by atoms with Crippen LogP contribution in [0.5, 0.6) is 0 Å². The van der Waals surface area contributed by atoms with Crippen molar-refractivity contribution in [2.45, 2.75) is 26.7 Å². The maximum atomic E-state index is 8.84. The van der Waals surface area contributed by atoms with Crippen LogP contribution in [0.4, 0.5) is 5.82 Å². The smallest absolute Gasteiger partial charge is 0.142 e. The van der Waals surface area contributed by atoms with Crippen LogP contribution in [-0.4, -0.2) is 18.1 Å². The number of nitrogens with zero attached hydrogens (tertiary/aromatic N) is 3. The van der Waals surface area contributed by atoms with Gasteiger partial charge in [0.05, 0.1) is 0 Å². The van der Waals surface area contributed by atoms with Gasteiger partial charge in [-0.3, -0.25) is 0 Å². The molecule has 0 amide bonds. The van der Waals surface area contributed by atoms with Crippen LogP contribution < -0.4 is 4.90 Å². The Labute approximate surface area is 103 Å². The number of pyridine rings is 1. The van der Waals surface area contributed by atoms with Gasteiger partial charge in [-0.15, -0.1) is 0 Å². The Kier molecular flexibility index (Phi) is 3.63. The molecule has 1 saturated heterocycles. The first-order chi connectivity index (χ1) is 8.20. The SMILES string of the molecule is CC(C)C1CCN(c2cccc(C#N)n2)CC1. The van der Waals surface area contributed by atoms with Gasteiger partial charge in [0, 0.05) is 13.1 Å². The van der Waals surface area contributed by atoms with E-state index in [4.69, 9.17) is 5.26 Å². The monoisotopic (exact) mass is 229 g/mol. The molecule has 0 unspecified atom stereocenters. The Hall–Kier alpha value is -1.56. The summed E-state index contributed by atoms with van der Waals surface area (Å²) in [5.74, 6) is 2.56. The zero-order valence-electron chi connectivity index (χ0n) is 10.6. The molecule has 2 heterocycles. The van der Waals surface area contributed by atoms with Crippen LogP contribution in [0.1, 0.15) is 32.4 Å². The molecular weight excluding hydrogens is 210 g/mol. The Bertz CT molecular complexity index is 412. The molecule has 1 aliphatic rings. The van der Waals surface area contributed by atoms with E-state index in [1.165, 1.54) is 12.8 Å². The highest BCUT2D eigenvalue weighted by molar-refractivity contribution is 5.41. The highest BCUT2D eigenvalue weighted by Gasteiger charge is 2.22. The third-order valence-corrected chi connectivity index (χ3v) is 3.66. The fourth-order valence-electron chi connectivity index (χ4n) is 2.46. The summed E-state index contributed by atoms with van der Waals surface area (Å²) in [6.07, 6.45) is 2.46. The zero-order valence-corrected chi connectivity index (χ0v) is 10.6. The minimum Gasteiger partial charge on any atom is -0.357 e. The van der Waals surface area contributed by atoms with Gasteiger partial charge in [0.25, 0.3) is 0 Å². The lowest BCUT2D eigenvalue weighted by molar-refractivity contribution is 0.310. The van der Waals surface area contributed by atoms with Crippen molar-refractivity contribution in [3.8, 4) is 6.07 Å². The van der Waals surface area contributed by atoms with Crippen molar-refractivity contribution in [3.63, 3.8) is 0 Å². The standard InChI is InChI=1S/C14H19N3/c1-11(2)12-6-8-17(9-7-12)14-5-3-4-13(10-15)16-14/h3-5,11-12H,6-9H2,1-2H3. The molecule has 1 aliphatic heterocycles. The van der Waals surface area contributed by atoms with E-state index in [0.717, 1.165) is 30.7 Å². The molecule has 17 heavy (non-hydrogen) atoms. The molecule has 0 aliphatic carbocycles. The van der Waals surface area contributed by atoms with Gasteiger partial charge in [0.2, 0.25) is 0 Å². The lowest BCUT2D eigenvalue weighted by atomic mass is 9.87. The summed E-state index contributed by atoms with van der Waals surface area (Å²) in [6.45, 7) is 6.72. The van der Waals surface area contributed by atoms with Gasteiger partial charge >= 0.3 is 0 Å². The number of nitriles is 1. The van der Waals surface area contributed by atoms with Gasteiger partial charge < -0.3 is 4.90 Å². The van der Waals surface area contributed by atoms with Crippen molar-refractivity contribution in [2.75, 3.05) is 18.0 Å². The summed E-state index contributed by atoms with van der Waals surface area (Å²) >= 11 is 0. The van der Waals surface area contributed by atoms with E-state index in [1.54, 1.807) is 6.07 Å². The summed E-state index contributed by atoms with van der Waals surface area (Å²) in [5.41, 5.74) is 0.508. The molecule has 0 bridgehead atoms. The van der Waals surface area contributed by atoms with E-state index in [2.05, 4.69) is 29.8 Å². The predicted octanol–water partition coefficient (Wildman–Crippen LogP) is 2.83. The lowest BCUT2D eigenvalue weighted by Gasteiger charge is -2.34. The molecule has 3 heteroatoms. The average molecular weight is 229 g/mol. The van der Waals surface area contributed by atoms with Crippen molar-refractivity contribution in [2.24, 2.45) is 11.8 Å². The average Bonchev–Trinajstić information content (AvgIpc) is 2.39. The molecule has 2 rings (SSSR count). The molecule has 0 N–H and O–H groups in total. The highest BCUT2D eigenvalue weighted by atomic mass is 15.2. The van der Waals surface area contributed by atoms with E-state index in [0.29, 0.717) is 5.69 Å². The zero-order chi connectivity index (χ0) is 12.3. The van der Waals surface area contributed by atoms with Crippen LogP contribution >= 0.6 is 0 Å². The molecule has 1 aromatic rings. The van der Waals surface area contributed by atoms with E-state index >= 15 is 0 Å². The number of rotatable bonds is 2. The number of piperidine rings is 1. The summed E-state index contributed by atoms with van der Waals surface area (Å²) in [6, 6.07) is 7.76. The van der Waals surface area contributed by atoms with Crippen molar-refractivity contribution in [1.82, 2.24) is 4.98 Å². The second-order valence-corrected chi connectivity index (χ2v) is 5.06. The van der Waals surface area contributed by atoms with Gasteiger partial charge in [0.1, 0.15) is 17.6 Å². The highest BCUT2D eigenvalue weighted by Crippen LogP contribution is 2.26. The lowest BCUT2D eigenvalue weighted by Crippen LogP contribution is -2.35. The van der Waals surface area contributed by atoms with Gasteiger partial charge in [-0.25, -0.2) is 4.98 Å². The molecule has 3 nitrogen and oxygen atoms in total. The Morgan fingerprint density at radius 3 is 2.65 bits per heavy atom. The normalized spacial score (nSPS) is 17.2. The summed E-state index contributed by atoms with van der Waals surface area (Å²) in [4.78, 5) is 6.64. The first-order valence-electron chi connectivity index (χ1n) is 6.33. The third kappa shape index (κ3) is 2.76. The minimum atomic E-state index is 0.508. The molecule has 0 atom stereocenters. The van der Waals surface area contributed by atoms with E-state index in [9.17, 15) is 0 Å². The number of anilines is 1. The summed E-state index contributed by atoms with van der Waals surface area (Å²) < 4.78 is 0. The fraction of sp³-hybridized carbons (Fsp3) is 0.571. The van der Waals surface area contributed by atoms with Crippen molar-refractivity contribution >= 4 is 5.82 Å². The fourth-order valence-corrected chi connectivity index (χ4v) is 2.46. The molecule has 0 radical (unpaired) electrons. The van der Waals surface area contributed by atoms with Crippen LogP contribution in [-0.2, 0) is 0 Å². The van der Waals surface area contributed by atoms with Crippen molar-refractivity contribution in [1.29, 1.82) is 5.26 Å². The third-order valence-electron chi connectivity index (χ3n) is 3.66. The maximum absolute atomic E-state index is 8.84. The van der Waals surface area contributed by atoms with Crippen molar-refractivity contribution < 1.29 is 0 Å². The van der Waals surface area contributed by atoms with E-state index < -0.39 is 0 Å². The summed E-state index contributed by atoms with van der Waals surface area (Å²) in [5, 5.41) is 8.84. The second-order valence-electron chi connectivity index (χ2n) is 5.06. The van der Waals surface area contributed by atoms with Gasteiger partial charge in [-0.05, 0) is 36.8 Å². The van der Waals surface area contributed by atoms with Gasteiger partial charge in [-0.1, -0.05) is 19.9 Å². The maximum Gasteiger partial charge on any atom is 0.142 e. The largest absolute Gasteiger partial charge is 0.357 e. The topological polar surface area (TPSA) is 39.9 Å². The molecule has 1 aromatic heterocycles. The minimum absolute atomic E-state index is 0.508. The number of aromatic nitrogens is 1. The Morgan fingerprint density at radius 2 is 2.06 bits per heavy atom. The van der Waals surface area contributed by atoms with Crippen molar-refractivity contribution in [3.05, 3.63) is 23.9 Å². The van der Waals surface area contributed by atoms with E-state index in [-0.39, 0.29) is 0 Å². The van der Waals surface area contributed by atoms with E-state index in [1.807, 2.05) is 12.1 Å². The number of hydrogen-bond acceptors (Lipinski definition) is 3. The van der Waals surface area contributed by atoms with Crippen LogP contribution in [0.2, 0.25) is 0 Å². The second kappa shape index (κ2) is 5.18. The Morgan fingerprint density at radius 1 is 1.35 bits per heavy atom. The molecule has 0 saturated carbocycles. The summed E-state index contributed by atoms with van der Waals surface area (Å²) in [7, 11) is 0. The molecule has 1 fully saturated rings. The van der Waals surface area contributed by atoms with Crippen LogP contribution in [0.25, 0.3) is 0 Å². The molecular formula is C14H19N3. The first-order valence-corrected chi connectivity index (χ1v) is 6.33. The molecule has 0 aromatic carbocycles. The van der Waals surface area contributed by atoms with Gasteiger partial charge in [-0.2, -0.15) is 5.26 Å². The predicted molar refractivity (Wildman–Crippen MR) is 68.7 cm³/mol. The van der Waals surface area contributed by atoms with Crippen LogP contribution in [0, 0.1) is 23.2 Å². The first kappa shape index (κ1) is 11.9. The van der Waals surface area contributed by atoms with Crippen LogP contribution in [0.3, 0.4) is 0 Å². The quantitative estimate of drug-likeness (QED) is 0.783. The van der Waals surface area contributed by atoms with Gasteiger partial charge in [0.15, 0.2) is 0 Å². The molecule has 0 spiro atoms. The van der Waals surface area contributed by atoms with Crippen LogP contribution in [0.15, 0.2) is 18.2 Å². The molecule has 90 valence electrons. The number of hydrogen-bond donors (Lipinski definition) is 0.